The zero-order valence-corrected chi connectivity index (χ0v) is 10.3. The maximum absolute atomic E-state index is 11.1. The Morgan fingerprint density at radius 1 is 1.33 bits per heavy atom. The molecule has 0 aliphatic carbocycles. The van der Waals surface area contributed by atoms with Gasteiger partial charge in [0.1, 0.15) is 11.0 Å². The van der Waals surface area contributed by atoms with Crippen molar-refractivity contribution >= 4 is 15.9 Å². The van der Waals surface area contributed by atoms with Gasteiger partial charge in [0.2, 0.25) is 0 Å². The third-order valence-corrected chi connectivity index (χ3v) is 3.07. The molecule has 0 fully saturated rings. The molecule has 0 saturated carbocycles. The first kappa shape index (κ1) is 13.8. The van der Waals surface area contributed by atoms with Gasteiger partial charge in [-0.1, -0.05) is 18.2 Å². The Balaban J connectivity index is 2.98. The predicted octanol–water partition coefficient (Wildman–Crippen LogP) is 1.56. The number of nitrogens with zero attached hydrogens (tertiary/aromatic N) is 1. The summed E-state index contributed by atoms with van der Waals surface area (Å²) in [6.07, 6.45) is 4.99. The summed E-state index contributed by atoms with van der Waals surface area (Å²) in [5, 5.41) is 27.0. The molecule has 0 heterocycles. The molecule has 0 atom stereocenters. The van der Waals surface area contributed by atoms with Gasteiger partial charge in [0.15, 0.2) is 21.3 Å². The number of nitriles is 1. The lowest BCUT2D eigenvalue weighted by molar-refractivity contribution is 0.403. The highest BCUT2D eigenvalue weighted by Gasteiger charge is 2.08. The van der Waals surface area contributed by atoms with E-state index in [1.807, 2.05) is 0 Å². The van der Waals surface area contributed by atoms with Crippen LogP contribution < -0.4 is 0 Å². The van der Waals surface area contributed by atoms with Gasteiger partial charge in [-0.3, -0.25) is 0 Å². The molecule has 0 aliphatic heterocycles. The number of allylic oxidation sites excluding steroid dienone is 3. The van der Waals surface area contributed by atoms with Gasteiger partial charge in [-0.25, -0.2) is 8.42 Å². The van der Waals surface area contributed by atoms with E-state index in [1.54, 1.807) is 6.07 Å². The molecule has 94 valence electrons. The molecule has 0 radical (unpaired) electrons. The third-order valence-electron chi connectivity index (χ3n) is 2.05. The average molecular weight is 265 g/mol. The normalized spacial score (nSPS) is 12.6. The minimum atomic E-state index is -3.52. The van der Waals surface area contributed by atoms with Crippen LogP contribution in [0.15, 0.2) is 35.3 Å². The SMILES string of the molecule is CS(=O)(=O)/C(C#N)=C/C=C/c1ccc(O)c(O)c1. The molecule has 0 spiro atoms. The van der Waals surface area contributed by atoms with E-state index < -0.39 is 9.84 Å². The summed E-state index contributed by atoms with van der Waals surface area (Å²) in [4.78, 5) is -0.346. The second-order valence-corrected chi connectivity index (χ2v) is 5.51. The van der Waals surface area contributed by atoms with Crippen molar-refractivity contribution in [3.8, 4) is 17.6 Å². The molecular formula is C12H11NO4S. The summed E-state index contributed by atoms with van der Waals surface area (Å²) in [6.45, 7) is 0. The Kier molecular flexibility index (Phi) is 4.13. The van der Waals surface area contributed by atoms with Gasteiger partial charge in [-0.2, -0.15) is 5.26 Å². The van der Waals surface area contributed by atoms with Crippen LogP contribution in [0.4, 0.5) is 0 Å². The second kappa shape index (κ2) is 5.38. The van der Waals surface area contributed by atoms with E-state index >= 15 is 0 Å². The van der Waals surface area contributed by atoms with Gasteiger partial charge in [-0.15, -0.1) is 0 Å². The molecule has 18 heavy (non-hydrogen) atoms. The number of sulfone groups is 1. The second-order valence-electron chi connectivity index (χ2n) is 3.52. The van der Waals surface area contributed by atoms with Crippen LogP contribution in [0.25, 0.3) is 6.08 Å². The van der Waals surface area contributed by atoms with Crippen molar-refractivity contribution in [1.82, 2.24) is 0 Å². The van der Waals surface area contributed by atoms with Crippen LogP contribution in [0.1, 0.15) is 5.56 Å². The molecule has 0 aromatic heterocycles. The fraction of sp³-hybridized carbons (Fsp3) is 0.0833. The Bertz CT molecular complexity index is 651. The zero-order chi connectivity index (χ0) is 13.8. The van der Waals surface area contributed by atoms with E-state index in [0.717, 1.165) is 6.26 Å². The van der Waals surface area contributed by atoms with E-state index in [1.165, 1.54) is 36.4 Å². The Morgan fingerprint density at radius 3 is 2.50 bits per heavy atom. The highest BCUT2D eigenvalue weighted by Crippen LogP contribution is 2.25. The molecule has 0 amide bonds. The fourth-order valence-electron chi connectivity index (χ4n) is 1.13. The van der Waals surface area contributed by atoms with E-state index in [4.69, 9.17) is 10.4 Å². The minimum absolute atomic E-state index is 0.239. The fourth-order valence-corrected chi connectivity index (χ4v) is 1.63. The van der Waals surface area contributed by atoms with Crippen molar-refractivity contribution < 1.29 is 18.6 Å². The molecule has 0 unspecified atom stereocenters. The first-order chi connectivity index (χ1) is 8.34. The molecule has 5 nitrogen and oxygen atoms in total. The van der Waals surface area contributed by atoms with Gasteiger partial charge in [0.05, 0.1) is 0 Å². The van der Waals surface area contributed by atoms with Crippen molar-refractivity contribution in [2.75, 3.05) is 6.26 Å². The maximum atomic E-state index is 11.1. The monoisotopic (exact) mass is 265 g/mol. The Hall–Kier alpha value is -2.26. The molecule has 1 aromatic rings. The largest absolute Gasteiger partial charge is 0.504 e. The topological polar surface area (TPSA) is 98.4 Å². The van der Waals surface area contributed by atoms with Crippen molar-refractivity contribution in [2.24, 2.45) is 0 Å². The molecular weight excluding hydrogens is 254 g/mol. The van der Waals surface area contributed by atoms with Crippen LogP contribution in [-0.4, -0.2) is 24.9 Å². The first-order valence-corrected chi connectivity index (χ1v) is 6.74. The molecule has 0 aliphatic rings. The van der Waals surface area contributed by atoms with Gasteiger partial charge < -0.3 is 10.2 Å². The Labute approximate surface area is 105 Å². The van der Waals surface area contributed by atoms with E-state index in [-0.39, 0.29) is 16.4 Å². The number of phenols is 2. The van der Waals surface area contributed by atoms with E-state index in [9.17, 15) is 13.5 Å². The minimum Gasteiger partial charge on any atom is -0.504 e. The standard InChI is InChI=1S/C12H11NO4S/c1-18(16,17)10(8-13)4-2-3-9-5-6-11(14)12(15)7-9/h2-7,14-15H,1H3/b3-2+,10-4+. The van der Waals surface area contributed by atoms with Gasteiger partial charge in [0.25, 0.3) is 0 Å². The highest BCUT2D eigenvalue weighted by molar-refractivity contribution is 7.94. The number of rotatable bonds is 3. The molecule has 1 rings (SSSR count). The molecule has 0 bridgehead atoms. The number of aromatic hydroxyl groups is 2. The zero-order valence-electron chi connectivity index (χ0n) is 9.53. The molecule has 2 N–H and O–H groups in total. The van der Waals surface area contributed by atoms with Crippen LogP contribution in [0.3, 0.4) is 0 Å². The number of benzene rings is 1. The van der Waals surface area contributed by atoms with Crippen molar-refractivity contribution in [2.45, 2.75) is 0 Å². The molecule has 0 saturated heterocycles. The van der Waals surface area contributed by atoms with Gasteiger partial charge in [-0.05, 0) is 23.8 Å². The Morgan fingerprint density at radius 2 is 2.00 bits per heavy atom. The van der Waals surface area contributed by atoms with Crippen molar-refractivity contribution in [3.05, 3.63) is 40.8 Å². The molecule has 6 heteroatoms. The van der Waals surface area contributed by atoms with Gasteiger partial charge in [0, 0.05) is 6.26 Å². The summed E-state index contributed by atoms with van der Waals surface area (Å²) in [5.41, 5.74) is 0.562. The summed E-state index contributed by atoms with van der Waals surface area (Å²) < 4.78 is 22.2. The van der Waals surface area contributed by atoms with Gasteiger partial charge >= 0.3 is 0 Å². The summed E-state index contributed by atoms with van der Waals surface area (Å²) in [5.74, 6) is -0.513. The first-order valence-electron chi connectivity index (χ1n) is 4.85. The smallest absolute Gasteiger partial charge is 0.185 e. The number of hydrogen-bond acceptors (Lipinski definition) is 5. The highest BCUT2D eigenvalue weighted by atomic mass is 32.2. The number of phenolic OH excluding ortho intramolecular Hbond substituents is 2. The quantitative estimate of drug-likeness (QED) is 0.491. The number of hydrogen-bond donors (Lipinski definition) is 2. The van der Waals surface area contributed by atoms with Crippen molar-refractivity contribution in [3.63, 3.8) is 0 Å². The van der Waals surface area contributed by atoms with E-state index in [2.05, 4.69) is 0 Å². The third kappa shape index (κ3) is 3.64. The van der Waals surface area contributed by atoms with E-state index in [0.29, 0.717) is 5.56 Å². The lowest BCUT2D eigenvalue weighted by Gasteiger charge is -1.97. The summed E-state index contributed by atoms with van der Waals surface area (Å²) in [7, 11) is -3.52. The summed E-state index contributed by atoms with van der Waals surface area (Å²) >= 11 is 0. The van der Waals surface area contributed by atoms with Crippen LogP contribution in [0.2, 0.25) is 0 Å². The van der Waals surface area contributed by atoms with Crippen LogP contribution in [0, 0.1) is 11.3 Å². The van der Waals surface area contributed by atoms with Crippen LogP contribution in [0.5, 0.6) is 11.5 Å². The van der Waals surface area contributed by atoms with Crippen LogP contribution >= 0.6 is 0 Å². The lowest BCUT2D eigenvalue weighted by atomic mass is 10.2. The molecule has 1 aromatic carbocycles. The predicted molar refractivity (Wildman–Crippen MR) is 67.3 cm³/mol. The van der Waals surface area contributed by atoms with Crippen molar-refractivity contribution in [1.29, 1.82) is 5.26 Å². The lowest BCUT2D eigenvalue weighted by Crippen LogP contribution is -1.97. The maximum Gasteiger partial charge on any atom is 0.185 e. The average Bonchev–Trinajstić information content (AvgIpc) is 2.27. The summed E-state index contributed by atoms with van der Waals surface area (Å²) in [6, 6.07) is 5.73. The van der Waals surface area contributed by atoms with Crippen LogP contribution in [-0.2, 0) is 9.84 Å².